The van der Waals surface area contributed by atoms with Crippen molar-refractivity contribution in [3.63, 3.8) is 0 Å². The molecule has 1 N–H and O–H groups in total. The van der Waals surface area contributed by atoms with Gasteiger partial charge in [0.15, 0.2) is 6.61 Å². The van der Waals surface area contributed by atoms with Gasteiger partial charge in [-0.15, -0.1) is 0 Å². The minimum absolute atomic E-state index is 0.0801. The van der Waals surface area contributed by atoms with E-state index in [1.54, 1.807) is 44.4 Å². The third-order valence-corrected chi connectivity index (χ3v) is 5.80. The fourth-order valence-corrected chi connectivity index (χ4v) is 4.37. The molecule has 0 radical (unpaired) electrons. The fraction of sp³-hybridized carbons (Fsp3) is 0.360. The van der Waals surface area contributed by atoms with Gasteiger partial charge in [0.25, 0.3) is 5.91 Å². The lowest BCUT2D eigenvalue weighted by molar-refractivity contribution is -0.143. The first-order valence-electron chi connectivity index (χ1n) is 11.0. The molecule has 1 aromatic heterocycles. The van der Waals surface area contributed by atoms with Gasteiger partial charge in [-0.2, -0.15) is 0 Å². The molecule has 7 nitrogen and oxygen atoms in total. The van der Waals surface area contributed by atoms with Crippen LogP contribution in [-0.2, 0) is 33.7 Å². The first-order chi connectivity index (χ1) is 16.0. The van der Waals surface area contributed by atoms with E-state index in [1.807, 2.05) is 4.57 Å². The number of hydrogen-bond donors (Lipinski definition) is 1. The highest BCUT2D eigenvalue weighted by atomic mass is 19.1. The van der Waals surface area contributed by atoms with Gasteiger partial charge < -0.3 is 24.1 Å². The largest absolute Gasteiger partial charge is 0.497 e. The summed E-state index contributed by atoms with van der Waals surface area (Å²) in [6, 6.07) is 11.5. The van der Waals surface area contributed by atoms with Gasteiger partial charge in [-0.1, -0.05) is 6.07 Å². The fourth-order valence-electron chi connectivity index (χ4n) is 4.37. The van der Waals surface area contributed by atoms with Gasteiger partial charge >= 0.3 is 5.97 Å². The van der Waals surface area contributed by atoms with Crippen LogP contribution in [0.1, 0.15) is 24.6 Å². The van der Waals surface area contributed by atoms with E-state index < -0.39 is 0 Å². The molecule has 1 unspecified atom stereocenters. The van der Waals surface area contributed by atoms with Crippen LogP contribution in [0, 0.1) is 5.82 Å². The van der Waals surface area contributed by atoms with Crippen LogP contribution in [0.3, 0.4) is 0 Å². The van der Waals surface area contributed by atoms with Crippen molar-refractivity contribution in [1.29, 1.82) is 0 Å². The second-order valence-electron chi connectivity index (χ2n) is 7.95. The lowest BCUT2D eigenvalue weighted by atomic mass is 9.91. The Balaban J connectivity index is 1.47. The van der Waals surface area contributed by atoms with Gasteiger partial charge in [-0.05, 0) is 62.1 Å². The number of hydrogen-bond acceptors (Lipinski definition) is 5. The van der Waals surface area contributed by atoms with E-state index in [0.29, 0.717) is 37.4 Å². The number of methoxy groups -OCH3 is 1. The molecule has 0 bridgehead atoms. The number of nitrogens with one attached hydrogen (secondary N) is 1. The summed E-state index contributed by atoms with van der Waals surface area (Å²) in [4.78, 5) is 24.6. The van der Waals surface area contributed by atoms with E-state index >= 15 is 0 Å². The van der Waals surface area contributed by atoms with Crippen LogP contribution in [0.4, 0.5) is 4.39 Å². The Morgan fingerprint density at radius 2 is 2.00 bits per heavy atom. The molecule has 8 heteroatoms. The maximum absolute atomic E-state index is 14.0. The zero-order valence-corrected chi connectivity index (χ0v) is 18.7. The molecule has 1 heterocycles. The molecular formula is C25H27FN2O5. The van der Waals surface area contributed by atoms with Crippen molar-refractivity contribution in [2.24, 2.45) is 0 Å². The maximum atomic E-state index is 14.0. The number of esters is 1. The van der Waals surface area contributed by atoms with Crippen molar-refractivity contribution in [2.75, 3.05) is 20.3 Å². The summed E-state index contributed by atoms with van der Waals surface area (Å²) < 4.78 is 31.8. The first-order valence-corrected chi connectivity index (χ1v) is 11.0. The molecule has 0 spiro atoms. The lowest BCUT2D eigenvalue weighted by Crippen LogP contribution is -2.41. The summed E-state index contributed by atoms with van der Waals surface area (Å²) in [6.45, 7) is 2.04. The van der Waals surface area contributed by atoms with Crippen LogP contribution >= 0.6 is 0 Å². The minimum Gasteiger partial charge on any atom is -0.497 e. The Hall–Kier alpha value is -3.55. The number of rotatable bonds is 8. The summed E-state index contributed by atoms with van der Waals surface area (Å²) in [6.07, 6.45) is 1.92. The second kappa shape index (κ2) is 9.94. The summed E-state index contributed by atoms with van der Waals surface area (Å²) >= 11 is 0. The van der Waals surface area contributed by atoms with E-state index in [0.717, 1.165) is 22.2 Å². The van der Waals surface area contributed by atoms with Gasteiger partial charge in [0.1, 0.15) is 23.9 Å². The zero-order chi connectivity index (χ0) is 23.4. The van der Waals surface area contributed by atoms with Gasteiger partial charge in [0.2, 0.25) is 0 Å². The molecule has 2 aromatic carbocycles. The number of amides is 1. The molecule has 33 heavy (non-hydrogen) atoms. The van der Waals surface area contributed by atoms with E-state index in [-0.39, 0.29) is 36.9 Å². The summed E-state index contributed by atoms with van der Waals surface area (Å²) in [5.74, 6) is 0.308. The molecule has 0 saturated heterocycles. The molecular weight excluding hydrogens is 427 g/mol. The monoisotopic (exact) mass is 454 g/mol. The van der Waals surface area contributed by atoms with Gasteiger partial charge in [0.05, 0.1) is 13.7 Å². The second-order valence-corrected chi connectivity index (χ2v) is 7.95. The van der Waals surface area contributed by atoms with Gasteiger partial charge in [0, 0.05) is 28.7 Å². The Labute approximate surface area is 191 Å². The highest BCUT2D eigenvalue weighted by molar-refractivity contribution is 5.87. The Kier molecular flexibility index (Phi) is 6.82. The molecule has 0 saturated carbocycles. The first kappa shape index (κ1) is 22.6. The molecule has 174 valence electrons. The van der Waals surface area contributed by atoms with Gasteiger partial charge in [-0.3, -0.25) is 9.59 Å². The number of carbonyl (C=O) groups is 2. The highest BCUT2D eigenvalue weighted by Gasteiger charge is 2.27. The SMILES string of the molecule is CCOC(=O)Cn1c2c(c3cc(F)ccc31)CC(NC(=O)COc1cccc(OC)c1)CC2. The molecule has 3 aromatic rings. The average Bonchev–Trinajstić information content (AvgIpc) is 3.10. The van der Waals surface area contributed by atoms with Crippen molar-refractivity contribution >= 4 is 22.8 Å². The number of halogens is 1. The highest BCUT2D eigenvalue weighted by Crippen LogP contribution is 2.33. The molecule has 1 aliphatic rings. The third-order valence-electron chi connectivity index (χ3n) is 5.80. The van der Waals surface area contributed by atoms with E-state index in [9.17, 15) is 14.0 Å². The van der Waals surface area contributed by atoms with E-state index in [1.165, 1.54) is 12.1 Å². The summed E-state index contributed by atoms with van der Waals surface area (Å²) in [5.41, 5.74) is 2.74. The molecule has 0 fully saturated rings. The average molecular weight is 454 g/mol. The summed E-state index contributed by atoms with van der Waals surface area (Å²) in [7, 11) is 1.57. The number of carbonyl (C=O) groups excluding carboxylic acids is 2. The van der Waals surface area contributed by atoms with E-state index in [4.69, 9.17) is 14.2 Å². The van der Waals surface area contributed by atoms with Crippen LogP contribution in [0.15, 0.2) is 42.5 Å². The normalized spacial score (nSPS) is 15.1. The van der Waals surface area contributed by atoms with Crippen LogP contribution in [0.5, 0.6) is 11.5 Å². The lowest BCUT2D eigenvalue weighted by Gasteiger charge is -2.25. The van der Waals surface area contributed by atoms with Crippen LogP contribution in [0.25, 0.3) is 10.9 Å². The Bertz CT molecular complexity index is 1170. The molecule has 1 aliphatic carbocycles. The van der Waals surface area contributed by atoms with Gasteiger partial charge in [-0.25, -0.2) is 4.39 Å². The predicted molar refractivity (Wildman–Crippen MR) is 121 cm³/mol. The number of aromatic nitrogens is 1. The smallest absolute Gasteiger partial charge is 0.325 e. The van der Waals surface area contributed by atoms with Crippen molar-refractivity contribution in [2.45, 2.75) is 38.8 Å². The Morgan fingerprint density at radius 3 is 2.79 bits per heavy atom. The molecule has 4 rings (SSSR count). The predicted octanol–water partition coefficient (Wildman–Crippen LogP) is 3.40. The Morgan fingerprint density at radius 1 is 1.18 bits per heavy atom. The maximum Gasteiger partial charge on any atom is 0.325 e. The van der Waals surface area contributed by atoms with Crippen LogP contribution in [-0.4, -0.2) is 42.8 Å². The number of nitrogens with zero attached hydrogens (tertiary/aromatic N) is 1. The number of fused-ring (bicyclic) bond motifs is 3. The minimum atomic E-state index is -0.337. The van der Waals surface area contributed by atoms with Crippen molar-refractivity contribution in [1.82, 2.24) is 9.88 Å². The van der Waals surface area contributed by atoms with E-state index in [2.05, 4.69) is 5.32 Å². The quantitative estimate of drug-likeness (QED) is 0.528. The molecule has 1 amide bonds. The van der Waals surface area contributed by atoms with Crippen LogP contribution < -0.4 is 14.8 Å². The van der Waals surface area contributed by atoms with Crippen molar-refractivity contribution in [3.05, 3.63) is 59.5 Å². The zero-order valence-electron chi connectivity index (χ0n) is 18.7. The van der Waals surface area contributed by atoms with Crippen molar-refractivity contribution < 1.29 is 28.2 Å². The third kappa shape index (κ3) is 5.10. The van der Waals surface area contributed by atoms with Crippen molar-refractivity contribution in [3.8, 4) is 11.5 Å². The topological polar surface area (TPSA) is 78.8 Å². The van der Waals surface area contributed by atoms with Crippen LogP contribution in [0.2, 0.25) is 0 Å². The molecule has 1 atom stereocenters. The number of benzene rings is 2. The number of ether oxygens (including phenoxy) is 3. The molecule has 0 aliphatic heterocycles. The standard InChI is InChI=1S/C25H27FN2O5/c1-3-32-25(30)14-28-22-9-7-16(26)11-20(22)21-12-17(8-10-23(21)28)27-24(29)15-33-19-6-4-5-18(13-19)31-2/h4-7,9,11,13,17H,3,8,10,12,14-15H2,1-2H3,(H,27,29). The summed E-state index contributed by atoms with van der Waals surface area (Å²) in [5, 5.41) is 3.78.